The van der Waals surface area contributed by atoms with E-state index < -0.39 is 0 Å². The van der Waals surface area contributed by atoms with E-state index in [1.165, 1.54) is 0 Å². The zero-order valence-electron chi connectivity index (χ0n) is 13.9. The van der Waals surface area contributed by atoms with Crippen molar-refractivity contribution < 1.29 is 4.79 Å². The molecule has 1 amide bonds. The molecule has 0 aromatic carbocycles. The quantitative estimate of drug-likeness (QED) is 0.687. The molecule has 1 aromatic heterocycles. The fourth-order valence-corrected chi connectivity index (χ4v) is 2.45. The van der Waals surface area contributed by atoms with Crippen molar-refractivity contribution in [2.75, 3.05) is 4.90 Å². The van der Waals surface area contributed by atoms with Gasteiger partial charge < -0.3 is 0 Å². The second-order valence-corrected chi connectivity index (χ2v) is 5.48. The Morgan fingerprint density at radius 3 is 2.19 bits per heavy atom. The van der Waals surface area contributed by atoms with Gasteiger partial charge in [-0.2, -0.15) is 0 Å². The Kier molecular flexibility index (Phi) is 7.95. The lowest BCUT2D eigenvalue weighted by Crippen LogP contribution is -2.41. The molecule has 0 unspecified atom stereocenters. The van der Waals surface area contributed by atoms with Crippen molar-refractivity contribution in [2.45, 2.75) is 78.7 Å². The fraction of sp³-hybridized carbons (Fsp3) is 0.706. The van der Waals surface area contributed by atoms with Crippen LogP contribution in [0.4, 0.5) is 5.95 Å². The average Bonchev–Trinajstić information content (AvgIpc) is 2.51. The summed E-state index contributed by atoms with van der Waals surface area (Å²) in [6.07, 6.45) is 10.3. The van der Waals surface area contributed by atoms with Gasteiger partial charge in [-0.15, -0.1) is 0 Å². The van der Waals surface area contributed by atoms with E-state index in [4.69, 9.17) is 0 Å². The highest BCUT2D eigenvalue weighted by atomic mass is 16.2. The van der Waals surface area contributed by atoms with E-state index in [-0.39, 0.29) is 11.9 Å². The second-order valence-electron chi connectivity index (χ2n) is 5.48. The summed E-state index contributed by atoms with van der Waals surface area (Å²) in [5.41, 5.74) is 1.15. The molecule has 0 spiro atoms. The Morgan fingerprint density at radius 1 is 1.10 bits per heavy atom. The number of hydrogen-bond donors (Lipinski definition) is 0. The Morgan fingerprint density at radius 2 is 1.71 bits per heavy atom. The molecular weight excluding hydrogens is 262 g/mol. The van der Waals surface area contributed by atoms with Crippen molar-refractivity contribution in [3.8, 4) is 0 Å². The van der Waals surface area contributed by atoms with Gasteiger partial charge in [0.1, 0.15) is 0 Å². The van der Waals surface area contributed by atoms with Crippen molar-refractivity contribution in [1.29, 1.82) is 0 Å². The molecule has 0 saturated carbocycles. The normalized spacial score (nSPS) is 10.9. The van der Waals surface area contributed by atoms with Crippen LogP contribution < -0.4 is 4.90 Å². The van der Waals surface area contributed by atoms with Crippen LogP contribution in [0.1, 0.15) is 71.8 Å². The first-order chi connectivity index (χ1) is 10.2. The standard InChI is InChI=1S/C17H29N3O/c1-5-9-11-14-12-18-17(19-13-14)20(15(7-3)8-4)16(21)10-6-2/h12-13,15H,5-11H2,1-4H3. The van der Waals surface area contributed by atoms with Gasteiger partial charge in [-0.1, -0.05) is 34.1 Å². The van der Waals surface area contributed by atoms with Crippen LogP contribution in [0.15, 0.2) is 12.4 Å². The maximum atomic E-state index is 12.4. The van der Waals surface area contributed by atoms with Gasteiger partial charge in [-0.3, -0.25) is 9.69 Å². The zero-order chi connectivity index (χ0) is 15.7. The van der Waals surface area contributed by atoms with Crippen molar-refractivity contribution in [3.05, 3.63) is 18.0 Å². The Hall–Kier alpha value is -1.45. The minimum Gasteiger partial charge on any atom is -0.278 e. The van der Waals surface area contributed by atoms with Gasteiger partial charge in [0.2, 0.25) is 11.9 Å². The number of hydrogen-bond acceptors (Lipinski definition) is 3. The summed E-state index contributed by atoms with van der Waals surface area (Å²) in [5.74, 6) is 0.690. The topological polar surface area (TPSA) is 46.1 Å². The number of aryl methyl sites for hydroxylation is 1. The van der Waals surface area contributed by atoms with E-state index in [1.54, 1.807) is 4.90 Å². The van der Waals surface area contributed by atoms with Crippen molar-refractivity contribution >= 4 is 11.9 Å². The van der Waals surface area contributed by atoms with Crippen molar-refractivity contribution in [1.82, 2.24) is 9.97 Å². The molecule has 0 aliphatic carbocycles. The van der Waals surface area contributed by atoms with Crippen LogP contribution >= 0.6 is 0 Å². The highest BCUT2D eigenvalue weighted by Gasteiger charge is 2.24. The molecule has 0 bridgehead atoms. The molecule has 0 saturated heterocycles. The molecule has 4 heteroatoms. The summed E-state index contributed by atoms with van der Waals surface area (Å²) in [6, 6.07) is 0.186. The van der Waals surface area contributed by atoms with Gasteiger partial charge in [-0.05, 0) is 37.7 Å². The van der Waals surface area contributed by atoms with Crippen molar-refractivity contribution in [3.63, 3.8) is 0 Å². The monoisotopic (exact) mass is 291 g/mol. The fourth-order valence-electron chi connectivity index (χ4n) is 2.45. The SMILES string of the molecule is CCCCc1cnc(N(C(=O)CCC)C(CC)CC)nc1. The second kappa shape index (κ2) is 9.48. The number of carbonyl (C=O) groups is 1. The molecule has 4 nitrogen and oxygen atoms in total. The zero-order valence-corrected chi connectivity index (χ0v) is 13.9. The number of unbranched alkanes of at least 4 members (excludes halogenated alkanes) is 1. The third-order valence-electron chi connectivity index (χ3n) is 3.77. The van der Waals surface area contributed by atoms with Gasteiger partial charge >= 0.3 is 0 Å². The van der Waals surface area contributed by atoms with E-state index in [0.29, 0.717) is 12.4 Å². The van der Waals surface area contributed by atoms with E-state index in [2.05, 4.69) is 30.7 Å². The molecule has 0 radical (unpaired) electrons. The number of rotatable bonds is 9. The van der Waals surface area contributed by atoms with Crippen LogP contribution in [0.25, 0.3) is 0 Å². The minimum atomic E-state index is 0.132. The van der Waals surface area contributed by atoms with Gasteiger partial charge in [0.15, 0.2) is 0 Å². The molecule has 0 aliphatic rings. The lowest BCUT2D eigenvalue weighted by atomic mass is 10.1. The molecule has 0 N–H and O–H groups in total. The van der Waals surface area contributed by atoms with Crippen LogP contribution in [-0.2, 0) is 11.2 Å². The minimum absolute atomic E-state index is 0.132. The predicted octanol–water partition coefficient (Wildman–Crippen LogP) is 4.14. The molecule has 21 heavy (non-hydrogen) atoms. The average molecular weight is 291 g/mol. The Labute approximate surface area is 129 Å². The molecule has 0 aliphatic heterocycles. The van der Waals surface area contributed by atoms with Crippen LogP contribution in [0.3, 0.4) is 0 Å². The smallest absolute Gasteiger partial charge is 0.232 e. The highest BCUT2D eigenvalue weighted by Crippen LogP contribution is 2.18. The number of aromatic nitrogens is 2. The predicted molar refractivity (Wildman–Crippen MR) is 87.4 cm³/mol. The van der Waals surface area contributed by atoms with Gasteiger partial charge in [0.05, 0.1) is 0 Å². The van der Waals surface area contributed by atoms with Crippen LogP contribution in [0.5, 0.6) is 0 Å². The maximum Gasteiger partial charge on any atom is 0.232 e. The van der Waals surface area contributed by atoms with Gasteiger partial charge in [-0.25, -0.2) is 9.97 Å². The summed E-state index contributed by atoms with van der Waals surface area (Å²) in [4.78, 5) is 23.1. The van der Waals surface area contributed by atoms with Crippen LogP contribution in [-0.4, -0.2) is 21.9 Å². The molecular formula is C17H29N3O. The highest BCUT2D eigenvalue weighted by molar-refractivity contribution is 5.92. The van der Waals surface area contributed by atoms with E-state index >= 15 is 0 Å². The first-order valence-electron chi connectivity index (χ1n) is 8.30. The summed E-state index contributed by atoms with van der Waals surface area (Å²) < 4.78 is 0. The van der Waals surface area contributed by atoms with E-state index in [9.17, 15) is 4.79 Å². The first kappa shape index (κ1) is 17.6. The van der Waals surface area contributed by atoms with Crippen LogP contribution in [0.2, 0.25) is 0 Å². The largest absolute Gasteiger partial charge is 0.278 e. The maximum absolute atomic E-state index is 12.4. The number of nitrogens with zero attached hydrogens (tertiary/aromatic N) is 3. The van der Waals surface area contributed by atoms with Crippen LogP contribution in [0, 0.1) is 0 Å². The summed E-state index contributed by atoms with van der Waals surface area (Å²) >= 11 is 0. The number of carbonyl (C=O) groups excluding carboxylic acids is 1. The summed E-state index contributed by atoms with van der Waals surface area (Å²) in [5, 5.41) is 0. The molecule has 118 valence electrons. The van der Waals surface area contributed by atoms with Crippen molar-refractivity contribution in [2.24, 2.45) is 0 Å². The molecule has 1 aromatic rings. The van der Waals surface area contributed by atoms with E-state index in [0.717, 1.165) is 44.1 Å². The Balaban J connectivity index is 2.94. The Bertz CT molecular complexity index is 413. The van der Waals surface area contributed by atoms with Gasteiger partial charge in [0, 0.05) is 24.9 Å². The molecule has 0 atom stereocenters. The number of anilines is 1. The van der Waals surface area contributed by atoms with Gasteiger partial charge in [0.25, 0.3) is 0 Å². The summed E-state index contributed by atoms with van der Waals surface area (Å²) in [7, 11) is 0. The molecule has 1 heterocycles. The molecule has 0 fully saturated rings. The lowest BCUT2D eigenvalue weighted by molar-refractivity contribution is -0.119. The third-order valence-corrected chi connectivity index (χ3v) is 3.77. The summed E-state index contributed by atoms with van der Waals surface area (Å²) in [6.45, 7) is 8.41. The molecule has 1 rings (SSSR count). The van der Waals surface area contributed by atoms with E-state index in [1.807, 2.05) is 19.3 Å². The number of amides is 1. The third kappa shape index (κ3) is 5.10. The lowest BCUT2D eigenvalue weighted by Gasteiger charge is -2.28. The first-order valence-corrected chi connectivity index (χ1v) is 8.30.